The molecular weight excluding hydrogens is 542 g/mol. The number of halogens is 1. The minimum absolute atomic E-state index is 0.0176. The van der Waals surface area contributed by atoms with Crippen molar-refractivity contribution < 1.29 is 27.5 Å². The molecule has 0 aromatic heterocycles. The largest absolute Gasteiger partial charge is 0.497 e. The molecule has 0 aliphatic heterocycles. The fraction of sp³-hybridized carbons (Fsp3) is 0.286. The van der Waals surface area contributed by atoms with Crippen molar-refractivity contribution >= 4 is 39.1 Å². The number of likely N-dealkylation sites (N-methyl/N-ethyl adjacent to an activating group) is 1. The second-order valence-corrected chi connectivity index (χ2v) is 11.1. The molecule has 3 aromatic rings. The maximum atomic E-state index is 14.0. The summed E-state index contributed by atoms with van der Waals surface area (Å²) < 4.78 is 37.6. The predicted octanol–water partition coefficient (Wildman–Crippen LogP) is 3.51. The van der Waals surface area contributed by atoms with E-state index in [0.717, 1.165) is 16.1 Å². The van der Waals surface area contributed by atoms with E-state index in [4.69, 9.17) is 21.1 Å². The Morgan fingerprint density at radius 2 is 1.64 bits per heavy atom. The van der Waals surface area contributed by atoms with Gasteiger partial charge in [0.1, 0.15) is 24.1 Å². The molecule has 2 amide bonds. The summed E-state index contributed by atoms with van der Waals surface area (Å²) in [6, 6.07) is 20.0. The summed E-state index contributed by atoms with van der Waals surface area (Å²) in [5.41, 5.74) is 1.57. The van der Waals surface area contributed by atoms with Gasteiger partial charge in [0.05, 0.1) is 26.2 Å². The van der Waals surface area contributed by atoms with Crippen molar-refractivity contribution in [3.8, 4) is 11.5 Å². The minimum atomic E-state index is -3.97. The Morgan fingerprint density at radius 1 is 0.974 bits per heavy atom. The van der Waals surface area contributed by atoms with Gasteiger partial charge >= 0.3 is 0 Å². The van der Waals surface area contributed by atoms with Crippen LogP contribution in [0.4, 0.5) is 5.69 Å². The van der Waals surface area contributed by atoms with Gasteiger partial charge in [-0.25, -0.2) is 8.42 Å². The molecule has 3 rings (SSSR count). The lowest BCUT2D eigenvalue weighted by Crippen LogP contribution is -2.53. The van der Waals surface area contributed by atoms with Gasteiger partial charge in [0.15, 0.2) is 0 Å². The van der Waals surface area contributed by atoms with Crippen molar-refractivity contribution in [3.05, 3.63) is 88.9 Å². The highest BCUT2D eigenvalue weighted by molar-refractivity contribution is 7.92. The highest BCUT2D eigenvalue weighted by Crippen LogP contribution is 2.34. The number of nitrogens with zero attached hydrogens (tertiary/aromatic N) is 2. The first-order valence-corrected chi connectivity index (χ1v) is 14.3. The maximum Gasteiger partial charge on any atom is 0.244 e. The Kier molecular flexibility index (Phi) is 10.2. The molecular formula is C28H32ClN3O6S. The summed E-state index contributed by atoms with van der Waals surface area (Å²) in [7, 11) is 0.367. The van der Waals surface area contributed by atoms with Gasteiger partial charge in [-0.15, -0.1) is 0 Å². The van der Waals surface area contributed by atoms with Crippen LogP contribution in [0.25, 0.3) is 0 Å². The average molecular weight is 574 g/mol. The van der Waals surface area contributed by atoms with E-state index in [9.17, 15) is 18.0 Å². The van der Waals surface area contributed by atoms with Crippen LogP contribution in [-0.2, 0) is 32.6 Å². The monoisotopic (exact) mass is 573 g/mol. The zero-order chi connectivity index (χ0) is 28.6. The lowest BCUT2D eigenvalue weighted by atomic mass is 10.0. The minimum Gasteiger partial charge on any atom is -0.497 e. The molecule has 0 unspecified atom stereocenters. The first kappa shape index (κ1) is 29.8. The number of sulfonamides is 1. The molecule has 0 radical (unpaired) electrons. The van der Waals surface area contributed by atoms with Crippen molar-refractivity contribution in [2.75, 3.05) is 38.4 Å². The summed E-state index contributed by atoms with van der Waals surface area (Å²) in [6.45, 7) is -0.606. The third kappa shape index (κ3) is 7.64. The summed E-state index contributed by atoms with van der Waals surface area (Å²) in [4.78, 5) is 28.5. The molecule has 0 aliphatic carbocycles. The Hall–Kier alpha value is -3.76. The Morgan fingerprint density at radius 3 is 2.23 bits per heavy atom. The van der Waals surface area contributed by atoms with E-state index in [-0.39, 0.29) is 24.4 Å². The molecule has 0 fully saturated rings. The van der Waals surface area contributed by atoms with E-state index in [0.29, 0.717) is 16.3 Å². The third-order valence-electron chi connectivity index (χ3n) is 6.15. The standard InChI is InChI=1S/C28H32ClN3O6S/c1-30-28(34)25(16-20-10-6-5-7-11-20)31(18-21-12-8-9-13-23(21)29)27(33)19-32(39(4,35)36)24-17-22(37-2)14-15-26(24)38-3/h5-15,17,25H,16,18-19H2,1-4H3,(H,30,34)/t25-/m0/s1. The van der Waals surface area contributed by atoms with Crippen LogP contribution in [0.3, 0.4) is 0 Å². The number of rotatable bonds is 12. The van der Waals surface area contributed by atoms with Gasteiger partial charge in [-0.2, -0.15) is 0 Å². The normalized spacial score (nSPS) is 11.8. The molecule has 0 bridgehead atoms. The average Bonchev–Trinajstić information content (AvgIpc) is 2.93. The number of carbonyl (C=O) groups excluding carboxylic acids is 2. The van der Waals surface area contributed by atoms with E-state index in [1.165, 1.54) is 32.2 Å². The number of hydrogen-bond donors (Lipinski definition) is 1. The molecule has 208 valence electrons. The van der Waals surface area contributed by atoms with Crippen LogP contribution in [0.2, 0.25) is 5.02 Å². The van der Waals surface area contributed by atoms with Crippen molar-refractivity contribution in [1.29, 1.82) is 0 Å². The number of methoxy groups -OCH3 is 2. The van der Waals surface area contributed by atoms with E-state index >= 15 is 0 Å². The molecule has 1 N–H and O–H groups in total. The van der Waals surface area contributed by atoms with Crippen LogP contribution < -0.4 is 19.1 Å². The van der Waals surface area contributed by atoms with Gasteiger partial charge in [0.25, 0.3) is 0 Å². The Bertz CT molecular complexity index is 1400. The third-order valence-corrected chi connectivity index (χ3v) is 7.65. The molecule has 0 spiro atoms. The van der Waals surface area contributed by atoms with E-state index in [2.05, 4.69) is 5.32 Å². The lowest BCUT2D eigenvalue weighted by Gasteiger charge is -2.33. The summed E-state index contributed by atoms with van der Waals surface area (Å²) in [5, 5.41) is 3.05. The summed E-state index contributed by atoms with van der Waals surface area (Å²) >= 11 is 6.42. The molecule has 1 atom stereocenters. The molecule has 9 nitrogen and oxygen atoms in total. The fourth-order valence-corrected chi connectivity index (χ4v) is 5.16. The van der Waals surface area contributed by atoms with Crippen molar-refractivity contribution in [2.45, 2.75) is 19.0 Å². The molecule has 39 heavy (non-hydrogen) atoms. The van der Waals surface area contributed by atoms with Crippen LogP contribution >= 0.6 is 11.6 Å². The van der Waals surface area contributed by atoms with E-state index < -0.39 is 34.4 Å². The zero-order valence-electron chi connectivity index (χ0n) is 22.3. The second-order valence-electron chi connectivity index (χ2n) is 8.74. The SMILES string of the molecule is CNC(=O)[C@H](Cc1ccccc1)N(Cc1ccccc1Cl)C(=O)CN(c1cc(OC)ccc1OC)S(C)(=O)=O. The van der Waals surface area contributed by atoms with Crippen molar-refractivity contribution in [1.82, 2.24) is 10.2 Å². The van der Waals surface area contributed by atoms with E-state index in [1.54, 1.807) is 36.4 Å². The topological polar surface area (TPSA) is 105 Å². The molecule has 0 aliphatic rings. The van der Waals surface area contributed by atoms with Crippen LogP contribution in [0.15, 0.2) is 72.8 Å². The first-order chi connectivity index (χ1) is 18.6. The number of ether oxygens (including phenoxy) is 2. The maximum absolute atomic E-state index is 14.0. The van der Waals surface area contributed by atoms with Gasteiger partial charge in [0.2, 0.25) is 21.8 Å². The lowest BCUT2D eigenvalue weighted by molar-refractivity contribution is -0.139. The van der Waals surface area contributed by atoms with Crippen molar-refractivity contribution in [2.24, 2.45) is 0 Å². The molecule has 0 saturated heterocycles. The Labute approximate surface area is 234 Å². The van der Waals surface area contributed by atoms with Crippen molar-refractivity contribution in [3.63, 3.8) is 0 Å². The van der Waals surface area contributed by atoms with Gasteiger partial charge in [-0.3, -0.25) is 13.9 Å². The van der Waals surface area contributed by atoms with Crippen LogP contribution in [0, 0.1) is 0 Å². The summed E-state index contributed by atoms with van der Waals surface area (Å²) in [6.07, 6.45) is 1.20. The smallest absolute Gasteiger partial charge is 0.244 e. The predicted molar refractivity (Wildman–Crippen MR) is 152 cm³/mol. The number of anilines is 1. The molecule has 3 aromatic carbocycles. The first-order valence-electron chi connectivity index (χ1n) is 12.1. The number of nitrogens with one attached hydrogen (secondary N) is 1. The molecule has 0 heterocycles. The number of carbonyl (C=O) groups is 2. The number of benzene rings is 3. The summed E-state index contributed by atoms with van der Waals surface area (Å²) in [5.74, 6) is -0.384. The van der Waals surface area contributed by atoms with Gasteiger partial charge < -0.3 is 19.7 Å². The highest BCUT2D eigenvalue weighted by atomic mass is 35.5. The quantitative estimate of drug-likeness (QED) is 0.355. The van der Waals surface area contributed by atoms with Crippen LogP contribution in [-0.4, -0.2) is 65.2 Å². The Balaban J connectivity index is 2.09. The van der Waals surface area contributed by atoms with Gasteiger partial charge in [0, 0.05) is 31.1 Å². The zero-order valence-corrected chi connectivity index (χ0v) is 23.8. The fourth-order valence-electron chi connectivity index (χ4n) is 4.12. The second kappa shape index (κ2) is 13.3. The van der Waals surface area contributed by atoms with Gasteiger partial charge in [-0.05, 0) is 29.3 Å². The van der Waals surface area contributed by atoms with Crippen LogP contribution in [0.5, 0.6) is 11.5 Å². The van der Waals surface area contributed by atoms with Gasteiger partial charge in [-0.1, -0.05) is 60.1 Å². The number of hydrogen-bond acceptors (Lipinski definition) is 6. The molecule has 11 heteroatoms. The number of amides is 2. The molecule has 0 saturated carbocycles. The highest BCUT2D eigenvalue weighted by Gasteiger charge is 2.33. The van der Waals surface area contributed by atoms with Crippen LogP contribution in [0.1, 0.15) is 11.1 Å². The van der Waals surface area contributed by atoms with E-state index in [1.807, 2.05) is 30.3 Å².